The molecular formula is C28H53N3O16. The lowest BCUT2D eigenvalue weighted by atomic mass is 9.97. The van der Waals surface area contributed by atoms with Crippen molar-refractivity contribution in [3.05, 3.63) is 0 Å². The topological polar surface area (TPSA) is 265 Å². The molecule has 0 saturated carbocycles. The van der Waals surface area contributed by atoms with E-state index in [2.05, 4.69) is 16.0 Å². The number of nitrogens with one attached hydrogen (secondary N) is 3. The second-order valence-electron chi connectivity index (χ2n) is 10.8. The quantitative estimate of drug-likeness (QED) is 0.0429. The van der Waals surface area contributed by atoms with E-state index in [9.17, 15) is 40.2 Å². The molecule has 19 heteroatoms. The summed E-state index contributed by atoms with van der Waals surface area (Å²) in [6.07, 6.45) is -9.73. The first-order valence-corrected chi connectivity index (χ1v) is 15.6. The zero-order chi connectivity index (χ0) is 34.6. The number of ether oxygens (including phenoxy) is 8. The van der Waals surface area contributed by atoms with E-state index in [1.165, 1.54) is 13.8 Å². The fourth-order valence-electron chi connectivity index (χ4n) is 4.73. The Morgan fingerprint density at radius 2 is 0.894 bits per heavy atom. The number of hydrogen-bond donors (Lipinski definition) is 9. The highest BCUT2D eigenvalue weighted by atomic mass is 16.7. The van der Waals surface area contributed by atoms with Crippen molar-refractivity contribution < 1.29 is 78.1 Å². The van der Waals surface area contributed by atoms with Gasteiger partial charge < -0.3 is 84.5 Å². The van der Waals surface area contributed by atoms with Crippen LogP contribution in [0.2, 0.25) is 0 Å². The van der Waals surface area contributed by atoms with Crippen LogP contribution in [0, 0.1) is 0 Å². The molecule has 0 spiro atoms. The molecule has 0 aromatic carbocycles. The first kappa shape index (κ1) is 41.5. The molecule has 2 rings (SSSR count). The highest BCUT2D eigenvalue weighted by molar-refractivity contribution is 5.73. The number of rotatable bonds is 24. The van der Waals surface area contributed by atoms with E-state index < -0.39 is 86.3 Å². The molecule has 9 N–H and O–H groups in total. The normalized spacial score (nSPS) is 31.1. The van der Waals surface area contributed by atoms with E-state index in [1.54, 1.807) is 0 Å². The molecule has 0 aromatic heterocycles. The molecular weight excluding hydrogens is 634 g/mol. The summed E-state index contributed by atoms with van der Waals surface area (Å²) >= 11 is 0. The summed E-state index contributed by atoms with van der Waals surface area (Å²) in [6.45, 7) is 5.52. The van der Waals surface area contributed by atoms with Crippen molar-refractivity contribution in [2.75, 3.05) is 92.4 Å². The van der Waals surface area contributed by atoms with Crippen LogP contribution in [0.1, 0.15) is 13.8 Å². The minimum atomic E-state index is -1.38. The van der Waals surface area contributed by atoms with Gasteiger partial charge in [0.25, 0.3) is 0 Å². The van der Waals surface area contributed by atoms with Gasteiger partial charge in [0.1, 0.15) is 48.7 Å². The molecule has 0 aromatic rings. The highest BCUT2D eigenvalue weighted by Crippen LogP contribution is 2.23. The maximum atomic E-state index is 11.4. The maximum Gasteiger partial charge on any atom is 0.217 e. The first-order valence-electron chi connectivity index (χ1n) is 15.6. The SMILES string of the molecule is CC(=O)N[C@H]1C(O)[C@@H](O)C(CO)O[C@H]1OCCOCCOCCNCCOCCOCCO[C@@H]1OC(CO)[C@H](O)C(O)[C@@H]1NC(C)=O. The minimum Gasteiger partial charge on any atom is -0.394 e. The van der Waals surface area contributed by atoms with Crippen molar-refractivity contribution in [2.24, 2.45) is 0 Å². The molecule has 2 aliphatic heterocycles. The predicted octanol–water partition coefficient (Wildman–Crippen LogP) is -5.44. The molecule has 2 heterocycles. The molecule has 4 unspecified atom stereocenters. The van der Waals surface area contributed by atoms with E-state index in [1.807, 2.05) is 0 Å². The molecule has 2 fully saturated rings. The molecule has 0 radical (unpaired) electrons. The van der Waals surface area contributed by atoms with Crippen LogP contribution in [-0.4, -0.2) is 196 Å². The number of aliphatic hydroxyl groups is 6. The lowest BCUT2D eigenvalue weighted by Gasteiger charge is -2.42. The van der Waals surface area contributed by atoms with Crippen molar-refractivity contribution in [1.82, 2.24) is 16.0 Å². The Morgan fingerprint density at radius 1 is 0.553 bits per heavy atom. The Kier molecular flexibility index (Phi) is 20.9. The lowest BCUT2D eigenvalue weighted by Crippen LogP contribution is -2.64. The number of hydrogen-bond acceptors (Lipinski definition) is 17. The van der Waals surface area contributed by atoms with E-state index in [0.29, 0.717) is 52.7 Å². The van der Waals surface area contributed by atoms with Gasteiger partial charge in [-0.3, -0.25) is 9.59 Å². The van der Waals surface area contributed by atoms with Crippen LogP contribution >= 0.6 is 0 Å². The van der Waals surface area contributed by atoms with Crippen LogP contribution in [0.3, 0.4) is 0 Å². The molecule has 2 saturated heterocycles. The van der Waals surface area contributed by atoms with Gasteiger partial charge in [-0.25, -0.2) is 0 Å². The minimum absolute atomic E-state index is 0.0838. The van der Waals surface area contributed by atoms with Crippen molar-refractivity contribution >= 4 is 11.8 Å². The molecule has 276 valence electrons. The molecule has 0 bridgehead atoms. The van der Waals surface area contributed by atoms with Crippen LogP contribution in [-0.2, 0) is 47.5 Å². The number of carbonyl (C=O) groups excluding carboxylic acids is 2. The first-order chi connectivity index (χ1) is 22.6. The Balaban J connectivity index is 1.40. The van der Waals surface area contributed by atoms with Crippen molar-refractivity contribution in [3.63, 3.8) is 0 Å². The fraction of sp³-hybridized carbons (Fsp3) is 0.929. The number of carbonyl (C=O) groups is 2. The van der Waals surface area contributed by atoms with Gasteiger partial charge in [0.15, 0.2) is 12.6 Å². The van der Waals surface area contributed by atoms with Crippen molar-refractivity contribution in [3.8, 4) is 0 Å². The van der Waals surface area contributed by atoms with Gasteiger partial charge in [-0.1, -0.05) is 0 Å². The van der Waals surface area contributed by atoms with Gasteiger partial charge in [0.05, 0.1) is 79.3 Å². The van der Waals surface area contributed by atoms with E-state index in [4.69, 9.17) is 37.9 Å². The van der Waals surface area contributed by atoms with E-state index in [0.717, 1.165) is 0 Å². The van der Waals surface area contributed by atoms with Gasteiger partial charge >= 0.3 is 0 Å². The maximum absolute atomic E-state index is 11.4. The van der Waals surface area contributed by atoms with Gasteiger partial charge in [0.2, 0.25) is 11.8 Å². The van der Waals surface area contributed by atoms with Crippen LogP contribution in [0.25, 0.3) is 0 Å². The van der Waals surface area contributed by atoms with Crippen molar-refractivity contribution in [2.45, 2.75) is 75.1 Å². The summed E-state index contributed by atoms with van der Waals surface area (Å²) < 4.78 is 44.0. The smallest absolute Gasteiger partial charge is 0.217 e. The monoisotopic (exact) mass is 687 g/mol. The van der Waals surface area contributed by atoms with Gasteiger partial charge in [-0.15, -0.1) is 0 Å². The Morgan fingerprint density at radius 3 is 1.23 bits per heavy atom. The third kappa shape index (κ3) is 15.2. The molecule has 10 atom stereocenters. The summed E-state index contributed by atoms with van der Waals surface area (Å²) in [7, 11) is 0. The molecule has 19 nitrogen and oxygen atoms in total. The van der Waals surface area contributed by atoms with E-state index in [-0.39, 0.29) is 26.4 Å². The zero-order valence-corrected chi connectivity index (χ0v) is 26.9. The van der Waals surface area contributed by atoms with Crippen molar-refractivity contribution in [1.29, 1.82) is 0 Å². The van der Waals surface area contributed by atoms with Gasteiger partial charge in [-0.2, -0.15) is 0 Å². The van der Waals surface area contributed by atoms with Gasteiger partial charge in [0, 0.05) is 26.9 Å². The summed E-state index contributed by atoms with van der Waals surface area (Å²) in [4.78, 5) is 22.9. The molecule has 0 aliphatic carbocycles. The zero-order valence-electron chi connectivity index (χ0n) is 26.9. The third-order valence-corrected chi connectivity index (χ3v) is 7.11. The standard InChI is InChI=1S/C28H53N3O16/c1-17(34)30-21-25(38)23(36)19(15-32)46-27(21)44-13-11-42-9-7-40-5-3-29-4-6-41-8-10-43-12-14-45-28-22(31-18(2)35)26(39)24(37)20(16-33)47-28/h19-29,32-33,36-39H,3-16H2,1-2H3,(H,30,34)(H,31,35)/t19?,20?,21-,22-,23-,24-,25?,26?,27+,28+/m0/s1. The van der Waals surface area contributed by atoms with Gasteiger partial charge in [-0.05, 0) is 0 Å². The second-order valence-corrected chi connectivity index (χ2v) is 10.8. The Hall–Kier alpha value is -1.66. The largest absolute Gasteiger partial charge is 0.394 e. The second kappa shape index (κ2) is 23.7. The van der Waals surface area contributed by atoms with E-state index >= 15 is 0 Å². The molecule has 47 heavy (non-hydrogen) atoms. The summed E-state index contributed by atoms with van der Waals surface area (Å²) in [5.41, 5.74) is 0. The Labute approximate surface area is 273 Å². The number of aliphatic hydroxyl groups excluding tert-OH is 6. The summed E-state index contributed by atoms with van der Waals surface area (Å²) in [5.74, 6) is -0.866. The fourth-order valence-corrected chi connectivity index (χ4v) is 4.73. The predicted molar refractivity (Wildman–Crippen MR) is 159 cm³/mol. The summed E-state index contributed by atoms with van der Waals surface area (Å²) in [6, 6.07) is -2.01. The average Bonchev–Trinajstić information content (AvgIpc) is 3.04. The molecule has 2 amide bonds. The van der Waals surface area contributed by atoms with Crippen LogP contribution in [0.5, 0.6) is 0 Å². The Bertz CT molecular complexity index is 797. The summed E-state index contributed by atoms with van der Waals surface area (Å²) in [5, 5.41) is 67.4. The van der Waals surface area contributed by atoms with Crippen LogP contribution < -0.4 is 16.0 Å². The van der Waals surface area contributed by atoms with Crippen LogP contribution in [0.15, 0.2) is 0 Å². The highest BCUT2D eigenvalue weighted by Gasteiger charge is 2.46. The lowest BCUT2D eigenvalue weighted by molar-refractivity contribution is -0.272. The number of amides is 2. The average molecular weight is 688 g/mol. The third-order valence-electron chi connectivity index (χ3n) is 7.11. The molecule has 2 aliphatic rings. The van der Waals surface area contributed by atoms with Crippen LogP contribution in [0.4, 0.5) is 0 Å².